The van der Waals surface area contributed by atoms with E-state index in [9.17, 15) is 18.5 Å². The number of rotatable bonds is 4. The Balaban J connectivity index is 2.09. The second-order valence-electron chi connectivity index (χ2n) is 6.73. The van der Waals surface area contributed by atoms with Crippen molar-refractivity contribution >= 4 is 27.1 Å². The lowest BCUT2D eigenvalue weighted by molar-refractivity contribution is -0.385. The second-order valence-corrected chi connectivity index (χ2v) is 9.08. The summed E-state index contributed by atoms with van der Waals surface area (Å²) in [5.41, 5.74) is 1.20. The third-order valence-corrected chi connectivity index (χ3v) is 7.16. The van der Waals surface area contributed by atoms with Gasteiger partial charge < -0.3 is 0 Å². The van der Waals surface area contributed by atoms with E-state index in [1.165, 1.54) is 30.3 Å². The van der Waals surface area contributed by atoms with E-state index >= 15 is 0 Å². The summed E-state index contributed by atoms with van der Waals surface area (Å²) in [7, 11) is -3.76. The van der Waals surface area contributed by atoms with Gasteiger partial charge in [0.05, 0.1) is 14.7 Å². The first-order chi connectivity index (χ1) is 12.3. The minimum absolute atomic E-state index is 0.00290. The van der Waals surface area contributed by atoms with E-state index in [1.54, 1.807) is 13.0 Å². The van der Waals surface area contributed by atoms with Crippen molar-refractivity contribution in [3.63, 3.8) is 0 Å². The fourth-order valence-electron chi connectivity index (χ4n) is 3.53. The Hall–Kier alpha value is -1.92. The van der Waals surface area contributed by atoms with Gasteiger partial charge in [0.25, 0.3) is 5.69 Å². The fraction of sp³-hybridized carbons (Fsp3) is 0.368. The average molecular weight is 394 g/mol. The second kappa shape index (κ2) is 7.37. The van der Waals surface area contributed by atoms with Crippen LogP contribution in [0.4, 0.5) is 5.69 Å². The van der Waals surface area contributed by atoms with Gasteiger partial charge in [0.1, 0.15) is 0 Å². The van der Waals surface area contributed by atoms with Gasteiger partial charge in [-0.1, -0.05) is 30.9 Å². The zero-order valence-corrected chi connectivity index (χ0v) is 16.0. The standard InChI is InChI=1S/C19H20ClNO4S/c1-13-11-15(7-9-18(13)20)26(24,25)16-8-10-19(21(22)23)17(12-16)14-5-3-2-4-6-14/h7-12,14H,2-6H2,1H3. The van der Waals surface area contributed by atoms with Crippen LogP contribution < -0.4 is 0 Å². The summed E-state index contributed by atoms with van der Waals surface area (Å²) in [4.78, 5) is 11.2. The van der Waals surface area contributed by atoms with Gasteiger partial charge in [-0.3, -0.25) is 10.1 Å². The lowest BCUT2D eigenvalue weighted by Gasteiger charge is -2.22. The minimum atomic E-state index is -3.76. The molecule has 0 spiro atoms. The number of aryl methyl sites for hydroxylation is 1. The van der Waals surface area contributed by atoms with E-state index in [2.05, 4.69) is 0 Å². The van der Waals surface area contributed by atoms with Crippen LogP contribution in [0, 0.1) is 17.0 Å². The van der Waals surface area contributed by atoms with Crippen molar-refractivity contribution in [1.82, 2.24) is 0 Å². The quantitative estimate of drug-likeness (QED) is 0.512. The number of sulfone groups is 1. The zero-order chi connectivity index (χ0) is 18.9. The predicted octanol–water partition coefficient (Wildman–Crippen LogP) is 5.44. The Morgan fingerprint density at radius 2 is 1.65 bits per heavy atom. The molecule has 2 aromatic carbocycles. The summed E-state index contributed by atoms with van der Waals surface area (Å²) < 4.78 is 26.0. The number of nitro groups is 1. The summed E-state index contributed by atoms with van der Waals surface area (Å²) in [5.74, 6) is 0.0336. The molecule has 0 bridgehead atoms. The molecule has 0 aromatic heterocycles. The molecule has 1 aliphatic rings. The number of nitrogens with zero attached hydrogens (tertiary/aromatic N) is 1. The van der Waals surface area contributed by atoms with E-state index in [1.807, 2.05) is 0 Å². The van der Waals surface area contributed by atoms with E-state index in [-0.39, 0.29) is 21.4 Å². The van der Waals surface area contributed by atoms with Crippen molar-refractivity contribution in [1.29, 1.82) is 0 Å². The maximum Gasteiger partial charge on any atom is 0.272 e. The largest absolute Gasteiger partial charge is 0.272 e. The summed E-state index contributed by atoms with van der Waals surface area (Å²) in [5, 5.41) is 11.9. The highest BCUT2D eigenvalue weighted by Gasteiger charge is 2.27. The molecule has 0 aliphatic heterocycles. The van der Waals surface area contributed by atoms with Gasteiger partial charge in [0.2, 0.25) is 9.84 Å². The smallest absolute Gasteiger partial charge is 0.258 e. The maximum absolute atomic E-state index is 13.0. The van der Waals surface area contributed by atoms with E-state index in [0.29, 0.717) is 16.1 Å². The molecular weight excluding hydrogens is 374 g/mol. The van der Waals surface area contributed by atoms with Gasteiger partial charge in [-0.2, -0.15) is 0 Å². The van der Waals surface area contributed by atoms with Crippen molar-refractivity contribution in [2.45, 2.75) is 54.7 Å². The first kappa shape index (κ1) is 18.9. The van der Waals surface area contributed by atoms with Gasteiger partial charge in [-0.15, -0.1) is 0 Å². The number of hydrogen-bond donors (Lipinski definition) is 0. The van der Waals surface area contributed by atoms with Gasteiger partial charge in [-0.25, -0.2) is 8.42 Å². The molecule has 0 atom stereocenters. The van der Waals surface area contributed by atoms with E-state index in [4.69, 9.17) is 11.6 Å². The molecule has 26 heavy (non-hydrogen) atoms. The molecule has 7 heteroatoms. The number of benzene rings is 2. The number of hydrogen-bond acceptors (Lipinski definition) is 4. The Bertz CT molecular complexity index is 950. The summed E-state index contributed by atoms with van der Waals surface area (Å²) in [6, 6.07) is 8.68. The zero-order valence-electron chi connectivity index (χ0n) is 14.4. The van der Waals surface area contributed by atoms with Crippen LogP contribution in [0.2, 0.25) is 5.02 Å². The highest BCUT2D eigenvalue weighted by Crippen LogP contribution is 2.39. The first-order valence-corrected chi connectivity index (χ1v) is 10.5. The van der Waals surface area contributed by atoms with Crippen molar-refractivity contribution in [2.24, 2.45) is 0 Å². The summed E-state index contributed by atoms with van der Waals surface area (Å²) in [6.07, 6.45) is 4.84. The average Bonchev–Trinajstić information content (AvgIpc) is 2.64. The molecule has 1 fully saturated rings. The van der Waals surface area contributed by atoms with Crippen molar-refractivity contribution in [2.75, 3.05) is 0 Å². The summed E-state index contributed by atoms with van der Waals surface area (Å²) >= 11 is 5.99. The third kappa shape index (κ3) is 3.62. The van der Waals surface area contributed by atoms with Crippen LogP contribution in [-0.4, -0.2) is 13.3 Å². The van der Waals surface area contributed by atoms with Crippen LogP contribution in [-0.2, 0) is 9.84 Å². The molecule has 0 N–H and O–H groups in total. The van der Waals surface area contributed by atoms with Crippen molar-refractivity contribution in [3.8, 4) is 0 Å². The maximum atomic E-state index is 13.0. The Kier molecular flexibility index (Phi) is 5.34. The molecule has 138 valence electrons. The number of nitro benzene ring substituents is 1. The fourth-order valence-corrected chi connectivity index (χ4v) is 5.03. The topological polar surface area (TPSA) is 77.3 Å². The first-order valence-electron chi connectivity index (χ1n) is 8.60. The molecule has 0 radical (unpaired) electrons. The van der Waals surface area contributed by atoms with Gasteiger partial charge >= 0.3 is 0 Å². The lowest BCUT2D eigenvalue weighted by atomic mass is 9.83. The lowest BCUT2D eigenvalue weighted by Crippen LogP contribution is -2.10. The SMILES string of the molecule is Cc1cc(S(=O)(=O)c2ccc([N+](=O)[O-])c(C3CCCCC3)c2)ccc1Cl. The van der Waals surface area contributed by atoms with Crippen LogP contribution in [0.25, 0.3) is 0 Å². The minimum Gasteiger partial charge on any atom is -0.258 e. The molecule has 0 unspecified atom stereocenters. The van der Waals surface area contributed by atoms with Gasteiger partial charge in [0.15, 0.2) is 0 Å². The molecule has 3 rings (SSSR count). The predicted molar refractivity (Wildman–Crippen MR) is 101 cm³/mol. The molecule has 1 aliphatic carbocycles. The van der Waals surface area contributed by atoms with E-state index in [0.717, 1.165) is 32.1 Å². The van der Waals surface area contributed by atoms with Gasteiger partial charge in [-0.05, 0) is 61.6 Å². The third-order valence-electron chi connectivity index (χ3n) is 4.99. The van der Waals surface area contributed by atoms with Crippen molar-refractivity contribution in [3.05, 3.63) is 62.7 Å². The number of halogens is 1. The van der Waals surface area contributed by atoms with E-state index < -0.39 is 14.8 Å². The van der Waals surface area contributed by atoms with Crippen LogP contribution in [0.5, 0.6) is 0 Å². The van der Waals surface area contributed by atoms with Crippen LogP contribution in [0.15, 0.2) is 46.2 Å². The Morgan fingerprint density at radius 3 is 2.27 bits per heavy atom. The van der Waals surface area contributed by atoms with Crippen LogP contribution in [0.3, 0.4) is 0 Å². The molecule has 1 saturated carbocycles. The molecule has 5 nitrogen and oxygen atoms in total. The van der Waals surface area contributed by atoms with Crippen LogP contribution in [0.1, 0.15) is 49.1 Å². The Morgan fingerprint density at radius 1 is 1.04 bits per heavy atom. The monoisotopic (exact) mass is 393 g/mol. The highest BCUT2D eigenvalue weighted by molar-refractivity contribution is 7.91. The summed E-state index contributed by atoms with van der Waals surface area (Å²) in [6.45, 7) is 1.74. The molecule has 0 saturated heterocycles. The van der Waals surface area contributed by atoms with Crippen LogP contribution >= 0.6 is 11.6 Å². The molecular formula is C19H20ClNO4S. The van der Waals surface area contributed by atoms with Gasteiger partial charge in [0, 0.05) is 16.7 Å². The van der Waals surface area contributed by atoms with Crippen molar-refractivity contribution < 1.29 is 13.3 Å². The normalized spacial score (nSPS) is 15.8. The molecule has 0 amide bonds. The molecule has 2 aromatic rings. The highest BCUT2D eigenvalue weighted by atomic mass is 35.5. The Labute approximate surface area is 158 Å². The molecule has 0 heterocycles.